The summed E-state index contributed by atoms with van der Waals surface area (Å²) in [7, 11) is 0. The molecule has 0 unspecified atom stereocenters. The maximum absolute atomic E-state index is 14.1. The standard InChI is InChI=1S/C21H21ClF4N4O3S/c1-20(13-10-27-12-28-11-13,19(32)29-14-6-8-33-9-7-14)30(18(31)17(22)23)15-2-4-16(5-3-15)34-21(24,25)26/h2-5,10-12,14,17H,6-9H2,1H3,(H,29,32)/t17-,20-/m0/s1. The lowest BCUT2D eigenvalue weighted by molar-refractivity contribution is -0.132. The lowest BCUT2D eigenvalue weighted by atomic mass is 9.89. The van der Waals surface area contributed by atoms with Crippen molar-refractivity contribution in [3.8, 4) is 0 Å². The first kappa shape index (κ1) is 26.2. The van der Waals surface area contributed by atoms with E-state index in [-0.39, 0.29) is 34.0 Å². The lowest BCUT2D eigenvalue weighted by Crippen LogP contribution is -2.60. The van der Waals surface area contributed by atoms with Gasteiger partial charge < -0.3 is 10.1 Å². The van der Waals surface area contributed by atoms with Gasteiger partial charge in [-0.1, -0.05) is 11.6 Å². The van der Waals surface area contributed by atoms with Crippen molar-refractivity contribution in [2.24, 2.45) is 0 Å². The number of anilines is 1. The third-order valence-corrected chi connectivity index (χ3v) is 6.23. The monoisotopic (exact) mass is 520 g/mol. The maximum atomic E-state index is 14.1. The Morgan fingerprint density at radius 3 is 2.29 bits per heavy atom. The van der Waals surface area contributed by atoms with Crippen molar-refractivity contribution in [1.29, 1.82) is 0 Å². The molecule has 0 aliphatic carbocycles. The molecule has 2 aromatic rings. The minimum atomic E-state index is -4.52. The van der Waals surface area contributed by atoms with Crippen molar-refractivity contribution in [3.63, 3.8) is 0 Å². The summed E-state index contributed by atoms with van der Waals surface area (Å²) in [6, 6.07) is 4.36. The smallest absolute Gasteiger partial charge is 0.381 e. The summed E-state index contributed by atoms with van der Waals surface area (Å²) >= 11 is 5.15. The summed E-state index contributed by atoms with van der Waals surface area (Å²) in [6.45, 7) is 2.24. The Bertz CT molecular complexity index is 992. The number of carbonyl (C=O) groups excluding carboxylic acids is 2. The predicted molar refractivity (Wildman–Crippen MR) is 118 cm³/mol. The average molecular weight is 521 g/mol. The number of nitrogens with one attached hydrogen (secondary N) is 1. The zero-order valence-electron chi connectivity index (χ0n) is 17.9. The number of nitrogens with zero attached hydrogens (tertiary/aromatic N) is 3. The Hall–Kier alpha value is -2.44. The number of aromatic nitrogens is 2. The third kappa shape index (κ3) is 6.16. The first-order valence-electron chi connectivity index (χ1n) is 10.1. The second-order valence-electron chi connectivity index (χ2n) is 7.58. The van der Waals surface area contributed by atoms with Gasteiger partial charge in [0.25, 0.3) is 17.4 Å². The first-order valence-corrected chi connectivity index (χ1v) is 11.4. The topological polar surface area (TPSA) is 84.4 Å². The van der Waals surface area contributed by atoms with Gasteiger partial charge in [0.2, 0.25) is 0 Å². The molecule has 13 heteroatoms. The molecular weight excluding hydrogens is 500 g/mol. The van der Waals surface area contributed by atoms with Crippen molar-refractivity contribution in [2.45, 2.75) is 47.4 Å². The normalized spacial score (nSPS) is 17.5. The quantitative estimate of drug-likeness (QED) is 0.335. The van der Waals surface area contributed by atoms with E-state index in [1.54, 1.807) is 0 Å². The van der Waals surface area contributed by atoms with Crippen LogP contribution in [0.4, 0.5) is 23.2 Å². The molecule has 7 nitrogen and oxygen atoms in total. The van der Waals surface area contributed by atoms with Gasteiger partial charge in [-0.15, -0.1) is 0 Å². The molecule has 2 amide bonds. The molecule has 1 aromatic carbocycles. The number of hydrogen-bond donors (Lipinski definition) is 1. The Kier molecular flexibility index (Phi) is 8.37. The van der Waals surface area contributed by atoms with Crippen molar-refractivity contribution in [1.82, 2.24) is 15.3 Å². The fraction of sp³-hybridized carbons (Fsp3) is 0.429. The Morgan fingerprint density at radius 1 is 1.18 bits per heavy atom. The maximum Gasteiger partial charge on any atom is 0.446 e. The van der Waals surface area contributed by atoms with Crippen LogP contribution in [0.5, 0.6) is 0 Å². The van der Waals surface area contributed by atoms with E-state index in [1.165, 1.54) is 37.8 Å². The summed E-state index contributed by atoms with van der Waals surface area (Å²) in [6.07, 6.45) is 4.88. The summed E-state index contributed by atoms with van der Waals surface area (Å²) < 4.78 is 57.6. The first-order chi connectivity index (χ1) is 16.0. The van der Waals surface area contributed by atoms with E-state index in [9.17, 15) is 27.2 Å². The summed E-state index contributed by atoms with van der Waals surface area (Å²) in [5.74, 6) is -1.93. The van der Waals surface area contributed by atoms with Crippen molar-refractivity contribution < 1.29 is 31.9 Å². The highest BCUT2D eigenvalue weighted by atomic mass is 35.5. The largest absolute Gasteiger partial charge is 0.446 e. The van der Waals surface area contributed by atoms with Crippen LogP contribution in [0.25, 0.3) is 0 Å². The number of thioether (sulfide) groups is 1. The number of ether oxygens (including phenoxy) is 1. The Morgan fingerprint density at radius 2 is 1.76 bits per heavy atom. The third-order valence-electron chi connectivity index (χ3n) is 5.30. The fourth-order valence-corrected chi connectivity index (χ4v) is 4.22. The zero-order valence-corrected chi connectivity index (χ0v) is 19.5. The van der Waals surface area contributed by atoms with Gasteiger partial charge >= 0.3 is 5.51 Å². The van der Waals surface area contributed by atoms with Crippen LogP contribution in [-0.2, 0) is 19.9 Å². The van der Waals surface area contributed by atoms with Crippen LogP contribution in [-0.4, -0.2) is 52.2 Å². The molecule has 34 heavy (non-hydrogen) atoms. The molecular formula is C21H21ClF4N4O3S. The number of carbonyl (C=O) groups is 2. The van der Waals surface area contributed by atoms with E-state index < -0.39 is 28.5 Å². The summed E-state index contributed by atoms with van der Waals surface area (Å²) in [4.78, 5) is 35.1. The van der Waals surface area contributed by atoms with E-state index in [1.807, 2.05) is 0 Å². The molecule has 3 rings (SSSR count). The molecule has 0 saturated carbocycles. The highest BCUT2D eigenvalue weighted by Gasteiger charge is 2.47. The van der Waals surface area contributed by atoms with Gasteiger partial charge in [-0.05, 0) is 55.8 Å². The van der Waals surface area contributed by atoms with Gasteiger partial charge in [0, 0.05) is 47.8 Å². The number of rotatable bonds is 7. The van der Waals surface area contributed by atoms with Crippen molar-refractivity contribution >= 4 is 40.9 Å². The Balaban J connectivity index is 2.07. The number of benzene rings is 1. The molecule has 1 fully saturated rings. The molecule has 2 heterocycles. The van der Waals surface area contributed by atoms with Crippen LogP contribution in [0, 0.1) is 0 Å². The van der Waals surface area contributed by atoms with Crippen LogP contribution in [0.3, 0.4) is 0 Å². The summed E-state index contributed by atoms with van der Waals surface area (Å²) in [5, 5.41) is 2.86. The van der Waals surface area contributed by atoms with Gasteiger partial charge in [-0.2, -0.15) is 13.2 Å². The predicted octanol–water partition coefficient (Wildman–Crippen LogP) is 4.17. The number of amides is 2. The minimum absolute atomic E-state index is 0.0340. The Labute approximate surface area is 202 Å². The molecule has 1 aromatic heterocycles. The second kappa shape index (κ2) is 10.9. The lowest BCUT2D eigenvalue weighted by Gasteiger charge is -2.41. The van der Waals surface area contributed by atoms with Gasteiger partial charge in [0.1, 0.15) is 6.33 Å². The van der Waals surface area contributed by atoms with Gasteiger partial charge in [-0.25, -0.2) is 14.4 Å². The molecule has 0 bridgehead atoms. The molecule has 1 aliphatic heterocycles. The molecule has 1 saturated heterocycles. The molecule has 0 radical (unpaired) electrons. The SMILES string of the molecule is C[C@@](C(=O)NC1CCOCC1)(c1cncnc1)N(C(=O)[C@H](F)Cl)c1ccc(SC(F)(F)F)cc1. The van der Waals surface area contributed by atoms with Gasteiger partial charge in [0.15, 0.2) is 5.54 Å². The van der Waals surface area contributed by atoms with E-state index >= 15 is 0 Å². The fourth-order valence-electron chi connectivity index (χ4n) is 3.58. The van der Waals surface area contributed by atoms with Crippen molar-refractivity contribution in [2.75, 3.05) is 18.1 Å². The van der Waals surface area contributed by atoms with Crippen LogP contribution in [0.1, 0.15) is 25.3 Å². The van der Waals surface area contributed by atoms with E-state index in [4.69, 9.17) is 16.3 Å². The second-order valence-corrected chi connectivity index (χ2v) is 9.10. The average Bonchev–Trinajstić information content (AvgIpc) is 2.80. The minimum Gasteiger partial charge on any atom is -0.381 e. The molecule has 2 atom stereocenters. The number of alkyl halides is 5. The zero-order chi connectivity index (χ0) is 24.9. The van der Waals surface area contributed by atoms with Crippen LogP contribution < -0.4 is 10.2 Å². The van der Waals surface area contributed by atoms with Crippen LogP contribution in [0.2, 0.25) is 0 Å². The number of halogens is 5. The molecule has 0 spiro atoms. The van der Waals surface area contributed by atoms with Crippen molar-refractivity contribution in [3.05, 3.63) is 48.5 Å². The van der Waals surface area contributed by atoms with Gasteiger partial charge in [-0.3, -0.25) is 14.5 Å². The van der Waals surface area contributed by atoms with Gasteiger partial charge in [0.05, 0.1) is 0 Å². The van der Waals surface area contributed by atoms with E-state index in [0.29, 0.717) is 26.1 Å². The van der Waals surface area contributed by atoms with E-state index in [2.05, 4.69) is 15.3 Å². The van der Waals surface area contributed by atoms with Crippen LogP contribution in [0.15, 0.2) is 47.9 Å². The molecule has 1 N–H and O–H groups in total. The van der Waals surface area contributed by atoms with Crippen LogP contribution >= 0.6 is 23.4 Å². The highest BCUT2D eigenvalue weighted by molar-refractivity contribution is 8.00. The number of hydrogen-bond acceptors (Lipinski definition) is 6. The molecule has 184 valence electrons. The summed E-state index contributed by atoms with van der Waals surface area (Å²) in [5.41, 5.74) is -8.80. The van der Waals surface area contributed by atoms with E-state index in [0.717, 1.165) is 17.0 Å². The molecule has 1 aliphatic rings. The highest BCUT2D eigenvalue weighted by Crippen LogP contribution is 2.39.